The topological polar surface area (TPSA) is 0 Å². The molecule has 74 valence electrons. The van der Waals surface area contributed by atoms with Crippen LogP contribution in [0.1, 0.15) is 13.3 Å². The second-order valence-corrected chi connectivity index (χ2v) is 12.5. The zero-order valence-corrected chi connectivity index (χ0v) is 11.6. The lowest BCUT2D eigenvalue weighted by Crippen LogP contribution is -2.22. The van der Waals surface area contributed by atoms with E-state index in [4.69, 9.17) is 0 Å². The third kappa shape index (κ3) is 4.48. The first kappa shape index (κ1) is 11.6. The molecule has 0 aromatic carbocycles. The van der Waals surface area contributed by atoms with Crippen LogP contribution in [0.5, 0.6) is 0 Å². The maximum atomic E-state index is 3.48. The largest absolute Gasteiger partial charge is 0.132 e. The monoisotopic (exact) mass is 230 g/mol. The second-order valence-electron chi connectivity index (χ2n) is 4.50. The quantitative estimate of drug-likeness (QED) is 0.462. The Balaban J connectivity index is 2.63. The molecule has 1 heterocycles. The van der Waals surface area contributed by atoms with Gasteiger partial charge in [0.2, 0.25) is 0 Å². The Morgan fingerprint density at radius 3 is 2.15 bits per heavy atom. The van der Waals surface area contributed by atoms with Crippen molar-refractivity contribution in [2.75, 3.05) is 11.5 Å². The maximum absolute atomic E-state index is 3.48. The molecule has 0 amide bonds. The molecule has 0 saturated carbocycles. The molecule has 0 atom stereocenters. The lowest BCUT2D eigenvalue weighted by molar-refractivity contribution is 1.06. The van der Waals surface area contributed by atoms with Crippen molar-refractivity contribution in [3.05, 3.63) is 0 Å². The zero-order chi connectivity index (χ0) is 9.95. The van der Waals surface area contributed by atoms with E-state index in [1.165, 1.54) is 17.9 Å². The van der Waals surface area contributed by atoms with Crippen LogP contribution < -0.4 is 0 Å². The molecule has 0 radical (unpaired) electrons. The van der Waals surface area contributed by atoms with Crippen LogP contribution in [0.2, 0.25) is 19.6 Å². The van der Waals surface area contributed by atoms with Gasteiger partial charge in [0, 0.05) is 0 Å². The summed E-state index contributed by atoms with van der Waals surface area (Å²) < 4.78 is 0.193. The van der Waals surface area contributed by atoms with Gasteiger partial charge in [-0.2, -0.15) is 0 Å². The molecule has 3 heteroatoms. The molecular formula is C10H18S2Si. The summed E-state index contributed by atoms with van der Waals surface area (Å²) in [4.78, 5) is 0. The molecule has 0 aromatic rings. The molecule has 0 nitrogen and oxygen atoms in total. The summed E-state index contributed by atoms with van der Waals surface area (Å²) in [7, 11) is -1.18. The summed E-state index contributed by atoms with van der Waals surface area (Å²) in [5.74, 6) is 6.04. The Morgan fingerprint density at radius 2 is 1.69 bits per heavy atom. The van der Waals surface area contributed by atoms with E-state index in [0.717, 1.165) is 0 Å². The Labute approximate surface area is 91.6 Å². The van der Waals surface area contributed by atoms with Gasteiger partial charge in [-0.3, -0.25) is 0 Å². The predicted molar refractivity (Wildman–Crippen MR) is 69.1 cm³/mol. The number of hydrogen-bond acceptors (Lipinski definition) is 2. The Morgan fingerprint density at radius 1 is 1.15 bits per heavy atom. The van der Waals surface area contributed by atoms with Gasteiger partial charge in [-0.1, -0.05) is 25.6 Å². The number of rotatable bonds is 0. The van der Waals surface area contributed by atoms with Crippen molar-refractivity contribution in [2.24, 2.45) is 0 Å². The van der Waals surface area contributed by atoms with Crippen LogP contribution in [0.3, 0.4) is 0 Å². The lowest BCUT2D eigenvalue weighted by Gasteiger charge is -2.27. The fraction of sp³-hybridized carbons (Fsp3) is 0.800. The molecule has 0 unspecified atom stereocenters. The third-order valence-corrected chi connectivity index (χ3v) is 5.58. The summed E-state index contributed by atoms with van der Waals surface area (Å²) in [5.41, 5.74) is 3.48. The minimum absolute atomic E-state index is 0.193. The SMILES string of the molecule is CC1(C#C[Si](C)(C)C)SCCCS1. The highest BCUT2D eigenvalue weighted by Crippen LogP contribution is 2.41. The minimum atomic E-state index is -1.18. The van der Waals surface area contributed by atoms with Crippen molar-refractivity contribution < 1.29 is 0 Å². The van der Waals surface area contributed by atoms with Crippen molar-refractivity contribution in [3.63, 3.8) is 0 Å². The number of hydrogen-bond donors (Lipinski definition) is 0. The molecule has 0 aliphatic carbocycles. The van der Waals surface area contributed by atoms with E-state index in [0.29, 0.717) is 0 Å². The van der Waals surface area contributed by atoms with E-state index in [2.05, 4.69) is 38.0 Å². The predicted octanol–water partition coefficient (Wildman–Crippen LogP) is 3.45. The van der Waals surface area contributed by atoms with Crippen LogP contribution in [0.4, 0.5) is 0 Å². The first-order chi connectivity index (χ1) is 5.91. The Hall–Kier alpha value is 0.477. The first-order valence-electron chi connectivity index (χ1n) is 4.74. The van der Waals surface area contributed by atoms with Crippen LogP contribution in [0.15, 0.2) is 0 Å². The fourth-order valence-electron chi connectivity index (χ4n) is 1.01. The summed E-state index contributed by atoms with van der Waals surface area (Å²) in [5, 5.41) is 0. The van der Waals surface area contributed by atoms with E-state index in [9.17, 15) is 0 Å². The molecule has 1 fully saturated rings. The van der Waals surface area contributed by atoms with Gasteiger partial charge in [0.25, 0.3) is 0 Å². The highest BCUT2D eigenvalue weighted by atomic mass is 32.2. The van der Waals surface area contributed by atoms with Gasteiger partial charge in [-0.25, -0.2) is 0 Å². The van der Waals surface area contributed by atoms with Crippen molar-refractivity contribution in [2.45, 2.75) is 37.1 Å². The average Bonchev–Trinajstić information content (AvgIpc) is 2.02. The maximum Gasteiger partial charge on any atom is 0.129 e. The van der Waals surface area contributed by atoms with Gasteiger partial charge >= 0.3 is 0 Å². The molecule has 1 aliphatic rings. The summed E-state index contributed by atoms with van der Waals surface area (Å²) in [6.07, 6.45) is 1.35. The molecule has 1 saturated heterocycles. The van der Waals surface area contributed by atoms with Crippen LogP contribution in [0, 0.1) is 11.5 Å². The van der Waals surface area contributed by atoms with Gasteiger partial charge < -0.3 is 0 Å². The standard InChI is InChI=1S/C10H18S2Si/c1-10(6-9-13(2,3)4)11-7-5-8-12-10/h5,7-8H2,1-4H3. The van der Waals surface area contributed by atoms with E-state index in [-0.39, 0.29) is 4.08 Å². The van der Waals surface area contributed by atoms with Crippen molar-refractivity contribution >= 4 is 31.6 Å². The fourth-order valence-corrected chi connectivity index (χ4v) is 4.43. The lowest BCUT2D eigenvalue weighted by atomic mass is 10.5. The summed E-state index contributed by atoms with van der Waals surface area (Å²) >= 11 is 4.04. The average molecular weight is 230 g/mol. The Kier molecular flexibility index (Phi) is 3.85. The van der Waals surface area contributed by atoms with Crippen LogP contribution >= 0.6 is 23.5 Å². The molecule has 1 aliphatic heterocycles. The molecule has 1 rings (SSSR count). The van der Waals surface area contributed by atoms with Crippen LogP contribution in [-0.2, 0) is 0 Å². The molecule has 13 heavy (non-hydrogen) atoms. The van der Waals surface area contributed by atoms with E-state index in [1.54, 1.807) is 0 Å². The van der Waals surface area contributed by atoms with E-state index >= 15 is 0 Å². The van der Waals surface area contributed by atoms with Crippen LogP contribution in [0.25, 0.3) is 0 Å². The highest BCUT2D eigenvalue weighted by Gasteiger charge is 2.26. The smallest absolute Gasteiger partial charge is 0.129 e. The minimum Gasteiger partial charge on any atom is -0.132 e. The van der Waals surface area contributed by atoms with Crippen molar-refractivity contribution in [1.82, 2.24) is 0 Å². The van der Waals surface area contributed by atoms with Gasteiger partial charge in [0.1, 0.15) is 12.2 Å². The summed E-state index contributed by atoms with van der Waals surface area (Å²) in [6.45, 7) is 9.19. The van der Waals surface area contributed by atoms with Crippen molar-refractivity contribution in [1.29, 1.82) is 0 Å². The van der Waals surface area contributed by atoms with Gasteiger partial charge in [0.05, 0.1) is 0 Å². The normalized spacial score (nSPS) is 21.8. The van der Waals surface area contributed by atoms with E-state index < -0.39 is 8.07 Å². The number of thioether (sulfide) groups is 2. The first-order valence-corrected chi connectivity index (χ1v) is 10.2. The van der Waals surface area contributed by atoms with Gasteiger partial charge in [-0.05, 0) is 24.9 Å². The van der Waals surface area contributed by atoms with Crippen molar-refractivity contribution in [3.8, 4) is 11.5 Å². The van der Waals surface area contributed by atoms with E-state index in [1.807, 2.05) is 23.5 Å². The molecule has 0 bridgehead atoms. The molecule has 0 N–H and O–H groups in total. The highest BCUT2D eigenvalue weighted by molar-refractivity contribution is 8.19. The van der Waals surface area contributed by atoms with Gasteiger partial charge in [-0.15, -0.1) is 29.1 Å². The van der Waals surface area contributed by atoms with Crippen LogP contribution in [-0.4, -0.2) is 23.7 Å². The summed E-state index contributed by atoms with van der Waals surface area (Å²) in [6, 6.07) is 0. The third-order valence-electron chi connectivity index (χ3n) is 1.71. The molecule has 0 spiro atoms. The zero-order valence-electron chi connectivity index (χ0n) is 8.94. The second kappa shape index (κ2) is 4.33. The Bertz CT molecular complexity index is 226. The van der Waals surface area contributed by atoms with Gasteiger partial charge in [0.15, 0.2) is 0 Å². The molecular weight excluding hydrogens is 212 g/mol. The molecule has 0 aromatic heterocycles.